The molecule has 0 amide bonds. The molecule has 0 aliphatic heterocycles. The van der Waals surface area contributed by atoms with Gasteiger partial charge in [-0.1, -0.05) is 27.5 Å². The molecule has 5 nitrogen and oxygen atoms in total. The number of nitro groups is 1. The SMILES string of the molecule is CC(C)(C)[S@@+]([O-])N[C@@H](C[N+](=O)[O-])c1cc(Cl)cc(Br)c1. The van der Waals surface area contributed by atoms with Crippen LogP contribution in [0.15, 0.2) is 22.7 Å². The van der Waals surface area contributed by atoms with Crippen LogP contribution in [0.2, 0.25) is 5.02 Å². The first kappa shape index (κ1) is 17.7. The molecule has 1 rings (SSSR count). The largest absolute Gasteiger partial charge is 0.598 e. The van der Waals surface area contributed by atoms with E-state index in [1.54, 1.807) is 39.0 Å². The number of benzene rings is 1. The highest BCUT2D eigenvalue weighted by Crippen LogP contribution is 2.26. The van der Waals surface area contributed by atoms with Crippen molar-refractivity contribution >= 4 is 38.9 Å². The lowest BCUT2D eigenvalue weighted by Gasteiger charge is -2.26. The first-order valence-corrected chi connectivity index (χ1v) is 8.17. The van der Waals surface area contributed by atoms with E-state index in [9.17, 15) is 14.7 Å². The minimum absolute atomic E-state index is 0.366. The van der Waals surface area contributed by atoms with Crippen molar-refractivity contribution < 1.29 is 9.48 Å². The van der Waals surface area contributed by atoms with Gasteiger partial charge in [0.25, 0.3) is 0 Å². The Morgan fingerprint density at radius 1 is 1.45 bits per heavy atom. The summed E-state index contributed by atoms with van der Waals surface area (Å²) >= 11 is 7.84. The molecule has 1 aromatic carbocycles. The van der Waals surface area contributed by atoms with Gasteiger partial charge in [0, 0.05) is 25.8 Å². The van der Waals surface area contributed by atoms with Crippen molar-refractivity contribution in [3.63, 3.8) is 0 Å². The lowest BCUT2D eigenvalue weighted by Crippen LogP contribution is -2.43. The van der Waals surface area contributed by atoms with E-state index in [1.807, 2.05) is 0 Å². The molecular weight excluding hydrogens is 368 g/mol. The van der Waals surface area contributed by atoms with E-state index in [1.165, 1.54) is 0 Å². The van der Waals surface area contributed by atoms with E-state index in [0.717, 1.165) is 4.47 Å². The van der Waals surface area contributed by atoms with Gasteiger partial charge in [-0.2, -0.15) is 0 Å². The van der Waals surface area contributed by atoms with Gasteiger partial charge in [-0.05, 0) is 44.5 Å². The fraction of sp³-hybridized carbons (Fsp3) is 0.500. The van der Waals surface area contributed by atoms with E-state index >= 15 is 0 Å². The highest BCUT2D eigenvalue weighted by molar-refractivity contribution is 9.10. The summed E-state index contributed by atoms with van der Waals surface area (Å²) < 4.78 is 15.2. The Hall–Kier alpha value is -0.340. The fourth-order valence-corrected chi connectivity index (χ4v) is 3.15. The van der Waals surface area contributed by atoms with Gasteiger partial charge in [0.05, 0.1) is 0 Å². The lowest BCUT2D eigenvalue weighted by molar-refractivity contribution is -0.483. The van der Waals surface area contributed by atoms with Crippen LogP contribution in [0.4, 0.5) is 0 Å². The second-order valence-corrected chi connectivity index (χ2v) is 8.62. The van der Waals surface area contributed by atoms with Crippen LogP contribution in [0.5, 0.6) is 0 Å². The molecule has 0 saturated carbocycles. The third-order valence-corrected chi connectivity index (χ3v) is 4.71. The molecule has 20 heavy (non-hydrogen) atoms. The van der Waals surface area contributed by atoms with Crippen LogP contribution in [0, 0.1) is 10.1 Å². The minimum Gasteiger partial charge on any atom is -0.598 e. The maximum absolute atomic E-state index is 12.1. The molecule has 0 saturated heterocycles. The number of hydrogen-bond acceptors (Lipinski definition) is 4. The Kier molecular flexibility index (Phi) is 6.27. The molecule has 0 unspecified atom stereocenters. The van der Waals surface area contributed by atoms with E-state index in [2.05, 4.69) is 20.7 Å². The molecule has 0 heterocycles. The van der Waals surface area contributed by atoms with Gasteiger partial charge in [0.15, 0.2) is 0 Å². The molecule has 0 bridgehead atoms. The van der Waals surface area contributed by atoms with Crippen LogP contribution >= 0.6 is 27.5 Å². The van der Waals surface area contributed by atoms with Crippen molar-refractivity contribution in [3.8, 4) is 0 Å². The zero-order chi connectivity index (χ0) is 15.5. The van der Waals surface area contributed by atoms with Gasteiger partial charge in [-0.3, -0.25) is 10.1 Å². The van der Waals surface area contributed by atoms with Gasteiger partial charge in [-0.25, -0.2) is 0 Å². The van der Waals surface area contributed by atoms with Crippen LogP contribution in [-0.4, -0.2) is 20.8 Å². The van der Waals surface area contributed by atoms with Crippen LogP contribution in [0.3, 0.4) is 0 Å². The van der Waals surface area contributed by atoms with Crippen LogP contribution in [0.1, 0.15) is 32.4 Å². The van der Waals surface area contributed by atoms with Gasteiger partial charge < -0.3 is 4.55 Å². The smallest absolute Gasteiger partial charge is 0.227 e. The predicted molar refractivity (Wildman–Crippen MR) is 84.8 cm³/mol. The summed E-state index contributed by atoms with van der Waals surface area (Å²) in [5, 5.41) is 11.3. The molecule has 0 fully saturated rings. The zero-order valence-corrected chi connectivity index (χ0v) is 14.5. The second kappa shape index (κ2) is 7.09. The fourth-order valence-electron chi connectivity index (χ4n) is 1.44. The summed E-state index contributed by atoms with van der Waals surface area (Å²) in [5.74, 6) is 0. The maximum Gasteiger partial charge on any atom is 0.227 e. The molecule has 0 spiro atoms. The molecule has 1 N–H and O–H groups in total. The van der Waals surface area contributed by atoms with Gasteiger partial charge in [-0.15, -0.1) is 4.72 Å². The first-order chi connectivity index (χ1) is 9.09. The summed E-state index contributed by atoms with van der Waals surface area (Å²) in [6.07, 6.45) is 0. The van der Waals surface area contributed by atoms with Crippen molar-refractivity contribution in [1.82, 2.24) is 4.72 Å². The standard InChI is InChI=1S/C12H16BrClN2O3S/c1-12(2,3)20(19)15-11(7-16(17)18)8-4-9(13)6-10(14)5-8/h4-6,11,15H,7H2,1-3H3/t11-,20+/m0/s1. The van der Waals surface area contributed by atoms with Gasteiger partial charge in [0.1, 0.15) is 10.8 Å². The normalized spacial score (nSPS) is 14.9. The molecule has 8 heteroatoms. The summed E-state index contributed by atoms with van der Waals surface area (Å²) in [7, 11) is 0. The molecule has 0 aliphatic rings. The zero-order valence-electron chi connectivity index (χ0n) is 11.4. The molecular formula is C12H16BrClN2O3S. The third-order valence-electron chi connectivity index (χ3n) is 2.42. The summed E-state index contributed by atoms with van der Waals surface area (Å²) in [6, 6.07) is 4.38. The highest BCUT2D eigenvalue weighted by Gasteiger charge is 2.32. The number of nitrogens with zero attached hydrogens (tertiary/aromatic N) is 1. The number of halogens is 2. The summed E-state index contributed by atoms with van der Waals surface area (Å²) in [5.41, 5.74) is 0.624. The average molecular weight is 384 g/mol. The van der Waals surface area contributed by atoms with Crippen molar-refractivity contribution in [2.24, 2.45) is 0 Å². The minimum atomic E-state index is -1.41. The monoisotopic (exact) mass is 382 g/mol. The summed E-state index contributed by atoms with van der Waals surface area (Å²) in [4.78, 5) is 10.4. The van der Waals surface area contributed by atoms with E-state index in [-0.39, 0.29) is 6.54 Å². The van der Waals surface area contributed by atoms with Crippen molar-refractivity contribution in [2.45, 2.75) is 31.6 Å². The molecule has 112 valence electrons. The quantitative estimate of drug-likeness (QED) is 0.480. The van der Waals surface area contributed by atoms with Crippen molar-refractivity contribution in [1.29, 1.82) is 0 Å². The number of rotatable bonds is 5. The van der Waals surface area contributed by atoms with Crippen LogP contribution in [0.25, 0.3) is 0 Å². The van der Waals surface area contributed by atoms with E-state index in [0.29, 0.717) is 10.6 Å². The second-order valence-electron chi connectivity index (χ2n) is 5.27. The average Bonchev–Trinajstić information content (AvgIpc) is 2.24. The summed E-state index contributed by atoms with van der Waals surface area (Å²) in [6.45, 7) is 5.03. The van der Waals surface area contributed by atoms with Crippen molar-refractivity contribution in [3.05, 3.63) is 43.4 Å². The Morgan fingerprint density at radius 3 is 2.50 bits per heavy atom. The lowest BCUT2D eigenvalue weighted by atomic mass is 10.1. The Bertz CT molecular complexity index is 476. The number of nitrogens with one attached hydrogen (secondary N) is 1. The Morgan fingerprint density at radius 2 is 2.05 bits per heavy atom. The molecule has 0 radical (unpaired) electrons. The molecule has 1 aromatic rings. The molecule has 0 aliphatic carbocycles. The van der Waals surface area contributed by atoms with Crippen LogP contribution in [-0.2, 0) is 11.4 Å². The van der Waals surface area contributed by atoms with Crippen molar-refractivity contribution in [2.75, 3.05) is 6.54 Å². The maximum atomic E-state index is 12.1. The van der Waals surface area contributed by atoms with Crippen LogP contribution < -0.4 is 4.72 Å². The highest BCUT2D eigenvalue weighted by atomic mass is 79.9. The Balaban J connectivity index is 3.02. The molecule has 0 aromatic heterocycles. The predicted octanol–water partition coefficient (Wildman–Crippen LogP) is 3.47. The molecule has 2 atom stereocenters. The first-order valence-electron chi connectivity index (χ1n) is 5.85. The van der Waals surface area contributed by atoms with E-state index < -0.39 is 27.1 Å². The van der Waals surface area contributed by atoms with Gasteiger partial charge >= 0.3 is 0 Å². The number of hydrogen-bond donors (Lipinski definition) is 1. The Labute approximate surface area is 134 Å². The van der Waals surface area contributed by atoms with Gasteiger partial charge in [0.2, 0.25) is 6.54 Å². The topological polar surface area (TPSA) is 78.2 Å². The van der Waals surface area contributed by atoms with E-state index in [4.69, 9.17) is 11.6 Å². The third kappa shape index (κ3) is 5.57.